The van der Waals surface area contributed by atoms with E-state index in [4.69, 9.17) is 25.0 Å². The van der Waals surface area contributed by atoms with E-state index >= 15 is 0 Å². The molecule has 0 bridgehead atoms. The molecule has 3 unspecified atom stereocenters. The summed E-state index contributed by atoms with van der Waals surface area (Å²) in [7, 11) is -3.63. The summed E-state index contributed by atoms with van der Waals surface area (Å²) in [5.41, 5.74) is 2.69. The fourth-order valence-corrected chi connectivity index (χ4v) is 7.35. The normalized spacial score (nSPS) is 17.7. The number of rotatable bonds is 14. The minimum absolute atomic E-state index is 0.0756. The molecule has 4 N–H and O–H groups in total. The zero-order valence-corrected chi connectivity index (χ0v) is 37.4. The van der Waals surface area contributed by atoms with Gasteiger partial charge in [0.15, 0.2) is 0 Å². The summed E-state index contributed by atoms with van der Waals surface area (Å²) < 4.78 is 42.4. The van der Waals surface area contributed by atoms with E-state index in [-0.39, 0.29) is 43.9 Å². The molecular weight excluding hydrogens is 893 g/mol. The molecule has 3 aliphatic heterocycles. The lowest BCUT2D eigenvalue weighted by atomic mass is 10.1. The number of hydrogen-bond acceptors (Lipinski definition) is 17. The Labute approximate surface area is 385 Å². The lowest BCUT2D eigenvalue weighted by molar-refractivity contribution is -0.156. The van der Waals surface area contributed by atoms with E-state index in [1.54, 1.807) is 99.0 Å². The third kappa shape index (κ3) is 13.2. The first-order valence-corrected chi connectivity index (χ1v) is 22.6. The van der Waals surface area contributed by atoms with Gasteiger partial charge in [-0.1, -0.05) is 0 Å². The molecule has 5 amide bonds. The molecule has 23 heteroatoms. The van der Waals surface area contributed by atoms with Crippen LogP contribution >= 0.6 is 0 Å². The average molecular weight is 941 g/mol. The SMILES string of the molecule is CCOC(=O)C(C)N1CCN(CC2CN(c3ccc(C(=N)NC(=O)c4cccnc4)cc3)C(=O)O2)CC1=O.CS(=O)(=O)OCC1CN(c2ccc(C(=N)NC(=O)c3cccnc3)cc2)C(=O)O1. The van der Waals surface area contributed by atoms with Crippen LogP contribution in [0.1, 0.15) is 45.7 Å². The summed E-state index contributed by atoms with van der Waals surface area (Å²) in [6.07, 6.45) is 4.57. The molecule has 5 heterocycles. The van der Waals surface area contributed by atoms with Gasteiger partial charge in [-0.25, -0.2) is 14.4 Å². The van der Waals surface area contributed by atoms with Crippen molar-refractivity contribution < 1.29 is 55.6 Å². The van der Waals surface area contributed by atoms with Gasteiger partial charge in [-0.3, -0.25) is 54.1 Å². The van der Waals surface area contributed by atoms with Crippen LogP contribution in [0, 0.1) is 10.8 Å². The second-order valence-corrected chi connectivity index (χ2v) is 16.9. The van der Waals surface area contributed by atoms with Crippen LogP contribution in [-0.4, -0.2) is 153 Å². The van der Waals surface area contributed by atoms with Crippen molar-refractivity contribution in [3.63, 3.8) is 0 Å². The average Bonchev–Trinajstić information content (AvgIpc) is 3.89. The van der Waals surface area contributed by atoms with Crippen molar-refractivity contribution in [2.24, 2.45) is 0 Å². The number of ether oxygens (including phenoxy) is 3. The third-order valence-corrected chi connectivity index (χ3v) is 10.9. The fraction of sp³-hybridized carbons (Fsp3) is 0.318. The van der Waals surface area contributed by atoms with Crippen LogP contribution in [0.15, 0.2) is 97.6 Å². The first-order chi connectivity index (χ1) is 32.0. The van der Waals surface area contributed by atoms with E-state index in [0.29, 0.717) is 59.8 Å². The smallest absolute Gasteiger partial charge is 0.414 e. The maximum atomic E-state index is 12.6. The molecule has 3 atom stereocenters. The van der Waals surface area contributed by atoms with Gasteiger partial charge < -0.3 is 29.7 Å². The lowest BCUT2D eigenvalue weighted by Crippen LogP contribution is -2.56. The van der Waals surface area contributed by atoms with Crippen LogP contribution in [0.2, 0.25) is 0 Å². The highest BCUT2D eigenvalue weighted by molar-refractivity contribution is 7.86. The number of cyclic esters (lactones) is 2. The Morgan fingerprint density at radius 1 is 0.761 bits per heavy atom. The highest BCUT2D eigenvalue weighted by Crippen LogP contribution is 2.25. The highest BCUT2D eigenvalue weighted by atomic mass is 32.2. The highest BCUT2D eigenvalue weighted by Gasteiger charge is 2.37. The van der Waals surface area contributed by atoms with Crippen molar-refractivity contribution in [1.82, 2.24) is 30.4 Å². The van der Waals surface area contributed by atoms with Gasteiger partial charge in [0.05, 0.1) is 43.6 Å². The van der Waals surface area contributed by atoms with Gasteiger partial charge in [0.1, 0.15) is 36.5 Å². The van der Waals surface area contributed by atoms with Crippen molar-refractivity contribution in [3.05, 3.63) is 120 Å². The van der Waals surface area contributed by atoms with Crippen molar-refractivity contribution in [3.8, 4) is 0 Å². The van der Waals surface area contributed by atoms with Crippen LogP contribution in [0.5, 0.6) is 0 Å². The minimum Gasteiger partial charge on any atom is -0.464 e. The predicted octanol–water partition coefficient (Wildman–Crippen LogP) is 2.40. The van der Waals surface area contributed by atoms with Gasteiger partial charge in [0.2, 0.25) is 5.91 Å². The van der Waals surface area contributed by atoms with E-state index < -0.39 is 58.3 Å². The summed E-state index contributed by atoms with van der Waals surface area (Å²) in [6.45, 7) is 5.25. The lowest BCUT2D eigenvalue weighted by Gasteiger charge is -2.37. The van der Waals surface area contributed by atoms with E-state index in [9.17, 15) is 37.2 Å². The second-order valence-electron chi connectivity index (χ2n) is 15.2. The number of benzene rings is 2. The number of nitrogens with zero attached hydrogens (tertiary/aromatic N) is 6. The molecule has 3 aliphatic rings. The Morgan fingerprint density at radius 3 is 1.70 bits per heavy atom. The Bertz CT molecular complexity index is 2590. The number of amidine groups is 2. The zero-order chi connectivity index (χ0) is 48.3. The molecule has 22 nitrogen and oxygen atoms in total. The molecule has 2 aromatic heterocycles. The van der Waals surface area contributed by atoms with E-state index in [2.05, 4.69) is 24.8 Å². The molecule has 352 valence electrons. The monoisotopic (exact) mass is 940 g/mol. The Kier molecular flexibility index (Phi) is 16.1. The number of esters is 1. The van der Waals surface area contributed by atoms with Crippen molar-refractivity contribution in [2.45, 2.75) is 32.1 Å². The number of piperazine rings is 1. The van der Waals surface area contributed by atoms with Gasteiger partial charge in [0, 0.05) is 66.9 Å². The quantitative estimate of drug-likeness (QED) is 0.0464. The van der Waals surface area contributed by atoms with Gasteiger partial charge in [0.25, 0.3) is 21.9 Å². The summed E-state index contributed by atoms with van der Waals surface area (Å²) >= 11 is 0. The van der Waals surface area contributed by atoms with Crippen molar-refractivity contribution in [1.29, 1.82) is 10.8 Å². The van der Waals surface area contributed by atoms with Crippen LogP contribution in [0.4, 0.5) is 21.0 Å². The molecule has 0 radical (unpaired) electrons. The number of carbonyl (C=O) groups is 6. The molecular formula is C44H48N10O12S. The Hall–Kier alpha value is -7.63. The maximum absolute atomic E-state index is 12.6. The largest absolute Gasteiger partial charge is 0.464 e. The molecule has 2 aromatic carbocycles. The van der Waals surface area contributed by atoms with Gasteiger partial charge in [-0.15, -0.1) is 0 Å². The summed E-state index contributed by atoms with van der Waals surface area (Å²) in [5, 5.41) is 21.2. The van der Waals surface area contributed by atoms with E-state index in [1.165, 1.54) is 27.1 Å². The third-order valence-electron chi connectivity index (χ3n) is 10.4. The van der Waals surface area contributed by atoms with Crippen LogP contribution in [0.3, 0.4) is 0 Å². The first kappa shape index (κ1) is 48.8. The number of pyridine rings is 2. The molecule has 0 saturated carbocycles. The van der Waals surface area contributed by atoms with Crippen molar-refractivity contribution in [2.75, 3.05) is 68.5 Å². The number of amides is 5. The number of hydrogen-bond donors (Lipinski definition) is 4. The van der Waals surface area contributed by atoms with Gasteiger partial charge in [-0.2, -0.15) is 8.42 Å². The standard InChI is InChI=1S/C26H30N6O6.C18H18N4O6S/c1-3-37-25(35)17(2)31-12-11-30(16-22(31)33)14-21-15-32(26(36)38-21)20-8-6-18(7-9-20)23(27)29-24(34)19-5-4-10-28-13-19;1-29(25,26)27-11-15-10-22(18(24)28-15)14-6-4-12(5-7-14)16(19)21-17(23)13-3-2-8-20-9-13/h4-10,13,17,21H,3,11-12,14-16H2,1-2H3,(H2,27,29,34);2-9,15H,10-11H2,1H3,(H2,19,21,23). The summed E-state index contributed by atoms with van der Waals surface area (Å²) in [6, 6.07) is 18.8. The second kappa shape index (κ2) is 22.0. The molecule has 0 spiro atoms. The summed E-state index contributed by atoms with van der Waals surface area (Å²) in [5.74, 6) is -1.67. The number of nitrogens with one attached hydrogen (secondary N) is 4. The van der Waals surface area contributed by atoms with Crippen molar-refractivity contribution >= 4 is 69.0 Å². The number of anilines is 2. The van der Waals surface area contributed by atoms with Crippen LogP contribution < -0.4 is 20.4 Å². The Morgan fingerprint density at radius 2 is 1.25 bits per heavy atom. The molecule has 3 fully saturated rings. The Balaban J connectivity index is 0.000000229. The first-order valence-electron chi connectivity index (χ1n) is 20.8. The van der Waals surface area contributed by atoms with Crippen LogP contribution in [0.25, 0.3) is 0 Å². The molecule has 67 heavy (non-hydrogen) atoms. The molecule has 3 saturated heterocycles. The van der Waals surface area contributed by atoms with Gasteiger partial charge in [-0.05, 0) is 86.6 Å². The fourth-order valence-electron chi connectivity index (χ4n) is 6.95. The molecule has 4 aromatic rings. The van der Waals surface area contributed by atoms with E-state index in [1.807, 2.05) is 4.90 Å². The molecule has 7 rings (SSSR count). The maximum Gasteiger partial charge on any atom is 0.414 e. The number of aromatic nitrogens is 2. The van der Waals surface area contributed by atoms with Gasteiger partial charge >= 0.3 is 18.2 Å². The summed E-state index contributed by atoms with van der Waals surface area (Å²) in [4.78, 5) is 87.6. The predicted molar refractivity (Wildman–Crippen MR) is 240 cm³/mol. The van der Waals surface area contributed by atoms with Crippen LogP contribution in [-0.2, 0) is 38.1 Å². The zero-order valence-electron chi connectivity index (χ0n) is 36.6. The topological polar surface area (TPSA) is 284 Å². The number of carbonyl (C=O) groups excluding carboxylic acids is 6. The van der Waals surface area contributed by atoms with E-state index in [0.717, 1.165) is 6.26 Å². The molecule has 0 aliphatic carbocycles. The minimum atomic E-state index is -3.63.